The van der Waals surface area contributed by atoms with Crippen LogP contribution in [0, 0.1) is 12.4 Å². The first-order valence-corrected chi connectivity index (χ1v) is 9.62. The molecule has 2 aromatic rings. The lowest BCUT2D eigenvalue weighted by Crippen LogP contribution is -2.30. The molecule has 29 heavy (non-hydrogen) atoms. The van der Waals surface area contributed by atoms with Crippen LogP contribution in [0.1, 0.15) is 25.3 Å². The Balaban J connectivity index is 2.10. The number of carbonyl (C=O) groups is 1. The largest absolute Gasteiger partial charge is 0.495 e. The molecule has 0 aromatic heterocycles. The zero-order chi connectivity index (χ0) is 21.1. The van der Waals surface area contributed by atoms with E-state index in [1.807, 2.05) is 6.07 Å². The molecule has 1 heterocycles. The third-order valence-corrected chi connectivity index (χ3v) is 5.41. The van der Waals surface area contributed by atoms with Gasteiger partial charge in [-0.15, -0.1) is 0 Å². The highest BCUT2D eigenvalue weighted by Crippen LogP contribution is 2.42. The molecule has 1 unspecified atom stereocenters. The van der Waals surface area contributed by atoms with Crippen LogP contribution in [-0.2, 0) is 4.79 Å². The van der Waals surface area contributed by atoms with Crippen molar-refractivity contribution in [2.45, 2.75) is 19.8 Å². The van der Waals surface area contributed by atoms with Crippen LogP contribution in [0.5, 0.6) is 5.75 Å². The van der Waals surface area contributed by atoms with Gasteiger partial charge < -0.3 is 15.4 Å². The Kier molecular flexibility index (Phi) is 6.04. The van der Waals surface area contributed by atoms with Crippen LogP contribution in [0.4, 0.5) is 10.1 Å². The Morgan fingerprint density at radius 3 is 2.62 bits per heavy atom. The number of dihydropyridines is 1. The predicted octanol–water partition coefficient (Wildman–Crippen LogP) is 5.35. The topological polar surface area (TPSA) is 54.7 Å². The van der Waals surface area contributed by atoms with Crippen molar-refractivity contribution in [1.29, 1.82) is 0 Å². The van der Waals surface area contributed by atoms with Gasteiger partial charge >= 0.3 is 0 Å². The fourth-order valence-electron chi connectivity index (χ4n) is 3.41. The Labute approximate surface area is 177 Å². The zero-order valence-corrected chi connectivity index (χ0v) is 17.7. The number of nitrogens with one attached hydrogen (secondary N) is 2. The van der Waals surface area contributed by atoms with Crippen LogP contribution < -0.4 is 15.4 Å². The van der Waals surface area contributed by atoms with E-state index in [0.29, 0.717) is 44.1 Å². The molecule has 0 saturated heterocycles. The van der Waals surface area contributed by atoms with Crippen molar-refractivity contribution in [3.05, 3.63) is 92.4 Å². The number of nitrogens with zero attached hydrogens (tertiary/aromatic N) is 1. The van der Waals surface area contributed by atoms with Gasteiger partial charge in [0.1, 0.15) is 11.6 Å². The van der Waals surface area contributed by atoms with Gasteiger partial charge in [-0.2, -0.15) is 0 Å². The molecule has 2 aromatic carbocycles. The van der Waals surface area contributed by atoms with Gasteiger partial charge in [-0.25, -0.2) is 9.24 Å². The highest BCUT2D eigenvalue weighted by molar-refractivity contribution is 9.10. The highest BCUT2D eigenvalue weighted by Gasteiger charge is 2.35. The number of para-hydroxylation sites is 2. The fraction of sp³-hybridized carbons (Fsp3) is 0.182. The number of hydrogen-bond donors (Lipinski definition) is 2. The molecule has 0 bridgehead atoms. The van der Waals surface area contributed by atoms with E-state index in [0.717, 1.165) is 0 Å². The fourth-order valence-corrected chi connectivity index (χ4v) is 3.99. The van der Waals surface area contributed by atoms with E-state index in [4.69, 9.17) is 11.3 Å². The maximum atomic E-state index is 13.7. The molecule has 3 rings (SSSR count). The van der Waals surface area contributed by atoms with E-state index < -0.39 is 11.7 Å². The van der Waals surface area contributed by atoms with E-state index in [-0.39, 0.29) is 5.91 Å². The molecule has 0 aliphatic carbocycles. The molecule has 1 aliphatic rings. The summed E-state index contributed by atoms with van der Waals surface area (Å²) in [5.74, 6) is -0.882. The molecule has 1 aliphatic heterocycles. The second kappa shape index (κ2) is 8.50. The first-order valence-electron chi connectivity index (χ1n) is 8.82. The Morgan fingerprint density at radius 2 is 1.97 bits per heavy atom. The van der Waals surface area contributed by atoms with Gasteiger partial charge in [0, 0.05) is 21.4 Å². The molecule has 0 fully saturated rings. The number of rotatable bonds is 4. The standard InChI is InChI=1S/C22H19BrFN3O2/c1-12-19(22(28)27-17-7-5-6-8-18(17)29-4)20(21(25-3)13(2)26-12)15-10-9-14(24)11-16(15)23/h5-11,20,26H,1-2,4H3,(H,27,28). The summed E-state index contributed by atoms with van der Waals surface area (Å²) in [6.45, 7) is 11.2. The van der Waals surface area contributed by atoms with Crippen molar-refractivity contribution in [3.63, 3.8) is 0 Å². The maximum absolute atomic E-state index is 13.7. The second-order valence-electron chi connectivity index (χ2n) is 6.54. The van der Waals surface area contributed by atoms with E-state index in [1.54, 1.807) is 38.1 Å². The number of benzene rings is 2. The second-order valence-corrected chi connectivity index (χ2v) is 7.39. The number of hydrogen-bond acceptors (Lipinski definition) is 3. The van der Waals surface area contributed by atoms with Crippen LogP contribution in [0.3, 0.4) is 0 Å². The molecule has 5 nitrogen and oxygen atoms in total. The monoisotopic (exact) mass is 455 g/mol. The maximum Gasteiger partial charge on any atom is 0.253 e. The average molecular weight is 456 g/mol. The summed E-state index contributed by atoms with van der Waals surface area (Å²) in [7, 11) is 1.53. The first-order chi connectivity index (χ1) is 13.9. The van der Waals surface area contributed by atoms with Crippen LogP contribution in [0.2, 0.25) is 0 Å². The average Bonchev–Trinajstić information content (AvgIpc) is 2.68. The molecule has 2 N–H and O–H groups in total. The highest BCUT2D eigenvalue weighted by atomic mass is 79.9. The number of allylic oxidation sites excluding steroid dienone is 3. The zero-order valence-electron chi connectivity index (χ0n) is 16.1. The van der Waals surface area contributed by atoms with Gasteiger partial charge in [-0.05, 0) is 43.7 Å². The summed E-state index contributed by atoms with van der Waals surface area (Å²) >= 11 is 3.39. The van der Waals surface area contributed by atoms with E-state index in [2.05, 4.69) is 31.4 Å². The van der Waals surface area contributed by atoms with Crippen molar-refractivity contribution >= 4 is 27.5 Å². The quantitative estimate of drug-likeness (QED) is 0.611. The number of anilines is 1. The first kappa shape index (κ1) is 20.6. The molecule has 1 amide bonds. The van der Waals surface area contributed by atoms with E-state index in [1.165, 1.54) is 19.2 Å². The van der Waals surface area contributed by atoms with Gasteiger partial charge in [0.15, 0.2) is 5.70 Å². The van der Waals surface area contributed by atoms with Crippen LogP contribution in [0.15, 0.2) is 69.6 Å². The van der Waals surface area contributed by atoms with E-state index in [9.17, 15) is 9.18 Å². The normalized spacial score (nSPS) is 16.2. The summed E-state index contributed by atoms with van der Waals surface area (Å²) < 4.78 is 19.5. The van der Waals surface area contributed by atoms with Gasteiger partial charge in [-0.3, -0.25) is 4.79 Å². The number of amides is 1. The van der Waals surface area contributed by atoms with Crippen molar-refractivity contribution < 1.29 is 13.9 Å². The lowest BCUT2D eigenvalue weighted by atomic mass is 9.83. The van der Waals surface area contributed by atoms with Crippen LogP contribution in [-0.4, -0.2) is 13.0 Å². The van der Waals surface area contributed by atoms with Crippen LogP contribution >= 0.6 is 15.9 Å². The van der Waals surface area contributed by atoms with Crippen molar-refractivity contribution in [2.24, 2.45) is 0 Å². The molecule has 7 heteroatoms. The Morgan fingerprint density at radius 1 is 1.24 bits per heavy atom. The molecule has 0 spiro atoms. The van der Waals surface area contributed by atoms with Gasteiger partial charge in [0.25, 0.3) is 5.91 Å². The minimum Gasteiger partial charge on any atom is -0.495 e. The number of carbonyl (C=O) groups excluding carboxylic acids is 1. The number of ether oxygens (including phenoxy) is 1. The van der Waals surface area contributed by atoms with Gasteiger partial charge in [-0.1, -0.05) is 34.1 Å². The minimum atomic E-state index is -0.640. The molecule has 1 atom stereocenters. The number of methoxy groups -OCH3 is 1. The summed E-state index contributed by atoms with van der Waals surface area (Å²) in [6.07, 6.45) is 0. The summed E-state index contributed by atoms with van der Waals surface area (Å²) in [4.78, 5) is 17.0. The Bertz CT molecular complexity index is 1090. The van der Waals surface area contributed by atoms with Crippen molar-refractivity contribution in [1.82, 2.24) is 5.32 Å². The minimum absolute atomic E-state index is 0.366. The predicted molar refractivity (Wildman–Crippen MR) is 114 cm³/mol. The smallest absolute Gasteiger partial charge is 0.253 e. The molecule has 0 saturated carbocycles. The SMILES string of the molecule is [C-]#[N+]C1=C(C)NC(C)=C(C(=O)Nc2ccccc2OC)C1c1ccc(F)cc1Br. The summed E-state index contributed by atoms with van der Waals surface area (Å²) in [5, 5.41) is 6.00. The third-order valence-electron chi connectivity index (χ3n) is 4.72. The summed E-state index contributed by atoms with van der Waals surface area (Å²) in [5.41, 5.74) is 3.22. The van der Waals surface area contributed by atoms with Crippen LogP contribution in [0.25, 0.3) is 4.85 Å². The lowest BCUT2D eigenvalue weighted by molar-refractivity contribution is -0.113. The van der Waals surface area contributed by atoms with Gasteiger partial charge in [0.2, 0.25) is 0 Å². The molecule has 0 radical (unpaired) electrons. The Hall–Kier alpha value is -3.11. The molecule has 148 valence electrons. The van der Waals surface area contributed by atoms with Crippen molar-refractivity contribution in [2.75, 3.05) is 12.4 Å². The third kappa shape index (κ3) is 4.03. The summed E-state index contributed by atoms with van der Waals surface area (Å²) in [6, 6.07) is 11.3. The van der Waals surface area contributed by atoms with Gasteiger partial charge in [0.05, 0.1) is 25.3 Å². The van der Waals surface area contributed by atoms with E-state index >= 15 is 0 Å². The molecular weight excluding hydrogens is 437 g/mol. The number of halogens is 2. The lowest BCUT2D eigenvalue weighted by Gasteiger charge is -2.29. The molecular formula is C22H19BrFN3O2. The van der Waals surface area contributed by atoms with Crippen molar-refractivity contribution in [3.8, 4) is 5.75 Å².